The van der Waals surface area contributed by atoms with Crippen LogP contribution in [0.15, 0.2) is 0 Å². The fraction of sp³-hybridized carbons (Fsp3) is 0.889. The molecule has 0 spiro atoms. The molecule has 0 aromatic carbocycles. The summed E-state index contributed by atoms with van der Waals surface area (Å²) in [6, 6.07) is 0. The zero-order valence-corrected chi connectivity index (χ0v) is 8.54. The predicted octanol–water partition coefficient (Wildman–Crippen LogP) is 1.01. The third kappa shape index (κ3) is 2.90. The Balaban J connectivity index is 2.41. The largest absolute Gasteiger partial charge is 0.349 e. The smallest absolute Gasteiger partial charge is 0.222 e. The van der Waals surface area contributed by atoms with Crippen LogP contribution in [0.5, 0.6) is 0 Å². The van der Waals surface area contributed by atoms with Crippen LogP contribution in [-0.2, 0) is 4.79 Å². The van der Waals surface area contributed by atoms with Gasteiger partial charge in [0.05, 0.1) is 6.54 Å². The van der Waals surface area contributed by atoms with Crippen LogP contribution in [0.2, 0.25) is 0 Å². The molecule has 2 atom stereocenters. The van der Waals surface area contributed by atoms with E-state index in [1.807, 2.05) is 0 Å². The van der Waals surface area contributed by atoms with Crippen LogP contribution in [0.25, 0.3) is 0 Å². The van der Waals surface area contributed by atoms with Crippen LogP contribution in [0, 0.1) is 5.92 Å². The average molecular weight is 206 g/mol. The van der Waals surface area contributed by atoms with E-state index in [2.05, 4.69) is 0 Å². The molecule has 1 aliphatic rings. The Morgan fingerprint density at radius 3 is 2.71 bits per heavy atom. The van der Waals surface area contributed by atoms with E-state index in [0.29, 0.717) is 11.5 Å². The van der Waals surface area contributed by atoms with Gasteiger partial charge in [0, 0.05) is 33.0 Å². The van der Waals surface area contributed by atoms with Crippen molar-refractivity contribution >= 4 is 5.91 Å². The molecular weight excluding hydrogens is 190 g/mol. The molecule has 0 bridgehead atoms. The number of amides is 1. The van der Waals surface area contributed by atoms with Crippen LogP contribution in [-0.4, -0.2) is 49.3 Å². The predicted molar refractivity (Wildman–Crippen MR) is 49.0 cm³/mol. The zero-order valence-electron chi connectivity index (χ0n) is 8.54. The number of rotatable bonds is 2. The summed E-state index contributed by atoms with van der Waals surface area (Å²) in [5.41, 5.74) is 0. The lowest BCUT2D eigenvalue weighted by Gasteiger charge is -2.29. The highest BCUT2D eigenvalue weighted by atomic mass is 19.2. The lowest BCUT2D eigenvalue weighted by Crippen LogP contribution is -2.39. The summed E-state index contributed by atoms with van der Waals surface area (Å²) < 4.78 is 25.9. The summed E-state index contributed by atoms with van der Waals surface area (Å²) in [4.78, 5) is 12.7. The highest BCUT2D eigenvalue weighted by Crippen LogP contribution is 2.24. The van der Waals surface area contributed by atoms with Crippen molar-refractivity contribution in [2.45, 2.75) is 19.0 Å². The Morgan fingerprint density at radius 1 is 1.57 bits per heavy atom. The molecule has 1 rings (SSSR count). The first-order valence-electron chi connectivity index (χ1n) is 4.75. The van der Waals surface area contributed by atoms with E-state index in [-0.39, 0.29) is 31.3 Å². The average Bonchev–Trinajstić information content (AvgIpc) is 2.09. The number of carbonyl (C=O) groups is 1. The third-order valence-corrected chi connectivity index (χ3v) is 2.56. The Hall–Kier alpha value is -0.710. The number of nitrogens with zero attached hydrogens (tertiary/aromatic N) is 2. The normalized spacial score (nSPS) is 28.9. The van der Waals surface area contributed by atoms with E-state index in [9.17, 15) is 13.7 Å². The second-order valence-corrected chi connectivity index (χ2v) is 3.93. The molecule has 1 amide bonds. The first-order valence-corrected chi connectivity index (χ1v) is 4.75. The van der Waals surface area contributed by atoms with Gasteiger partial charge in [0.2, 0.25) is 5.91 Å². The third-order valence-electron chi connectivity index (χ3n) is 2.56. The molecule has 2 unspecified atom stereocenters. The molecule has 3 nitrogen and oxygen atoms in total. The minimum atomic E-state index is -1.22. The lowest BCUT2D eigenvalue weighted by molar-refractivity contribution is -0.132. The Kier molecular flexibility index (Phi) is 3.80. The first kappa shape index (κ1) is 11.4. The van der Waals surface area contributed by atoms with Crippen molar-refractivity contribution in [1.29, 1.82) is 0 Å². The number of halogens is 2. The summed E-state index contributed by atoms with van der Waals surface area (Å²) in [5.74, 6) is -0.415. The lowest BCUT2D eigenvalue weighted by atomic mass is 9.92. The maximum absolute atomic E-state index is 13.3. The number of carbonyl (C=O) groups excluding carboxylic acids is 1. The van der Waals surface area contributed by atoms with Gasteiger partial charge in [0.1, 0.15) is 6.17 Å². The van der Waals surface area contributed by atoms with Gasteiger partial charge >= 0.3 is 0 Å². The highest BCUT2D eigenvalue weighted by Gasteiger charge is 2.31. The molecule has 1 fully saturated rings. The summed E-state index contributed by atoms with van der Waals surface area (Å²) >= 11 is 0. The van der Waals surface area contributed by atoms with Gasteiger partial charge in [-0.1, -0.05) is 0 Å². The maximum Gasteiger partial charge on any atom is 0.222 e. The number of alkyl halides is 1. The molecule has 0 radical (unpaired) electrons. The SMILES string of the molecule is CN(C)C(=O)CC1CCN(F)CC1F. The van der Waals surface area contributed by atoms with Gasteiger partial charge in [-0.2, -0.15) is 0 Å². The van der Waals surface area contributed by atoms with E-state index in [4.69, 9.17) is 0 Å². The van der Waals surface area contributed by atoms with Crippen molar-refractivity contribution in [1.82, 2.24) is 10.0 Å². The molecule has 0 aromatic heterocycles. The van der Waals surface area contributed by atoms with E-state index >= 15 is 0 Å². The molecule has 82 valence electrons. The zero-order chi connectivity index (χ0) is 10.7. The molecule has 5 heteroatoms. The fourth-order valence-electron chi connectivity index (χ4n) is 1.55. The Labute approximate surface area is 82.6 Å². The van der Waals surface area contributed by atoms with Crippen molar-refractivity contribution in [3.05, 3.63) is 0 Å². The second kappa shape index (κ2) is 4.68. The molecule has 1 heterocycles. The molecule has 14 heavy (non-hydrogen) atoms. The molecule has 0 aliphatic carbocycles. The van der Waals surface area contributed by atoms with Crippen molar-refractivity contribution in [2.75, 3.05) is 27.2 Å². The van der Waals surface area contributed by atoms with Gasteiger partial charge in [-0.25, -0.2) is 4.39 Å². The molecule has 0 aromatic rings. The van der Waals surface area contributed by atoms with E-state index in [0.717, 1.165) is 0 Å². The van der Waals surface area contributed by atoms with E-state index in [1.54, 1.807) is 14.1 Å². The minimum Gasteiger partial charge on any atom is -0.349 e. The van der Waals surface area contributed by atoms with Crippen LogP contribution < -0.4 is 0 Å². The number of hydrogen-bond donors (Lipinski definition) is 0. The Morgan fingerprint density at radius 2 is 2.21 bits per heavy atom. The number of piperidine rings is 1. The first-order chi connectivity index (χ1) is 6.50. The standard InChI is InChI=1S/C9H16F2N2O/c1-12(2)9(14)5-7-3-4-13(11)6-8(7)10/h7-8H,3-6H2,1-2H3. The van der Waals surface area contributed by atoms with Crippen LogP contribution in [0.1, 0.15) is 12.8 Å². The minimum absolute atomic E-state index is 0.0926. The van der Waals surface area contributed by atoms with Crippen molar-refractivity contribution < 1.29 is 13.7 Å². The van der Waals surface area contributed by atoms with Crippen LogP contribution >= 0.6 is 0 Å². The molecule has 1 aliphatic heterocycles. The van der Waals surface area contributed by atoms with Gasteiger partial charge < -0.3 is 4.90 Å². The van der Waals surface area contributed by atoms with Gasteiger partial charge in [-0.05, 0) is 6.42 Å². The molecule has 0 N–H and O–H groups in total. The van der Waals surface area contributed by atoms with Crippen LogP contribution in [0.4, 0.5) is 8.87 Å². The molecule has 0 saturated carbocycles. The summed E-state index contributed by atoms with van der Waals surface area (Å²) in [6.45, 7) is 0.0250. The maximum atomic E-state index is 13.3. The van der Waals surface area contributed by atoms with Gasteiger partial charge in [0.15, 0.2) is 0 Å². The van der Waals surface area contributed by atoms with E-state index < -0.39 is 6.17 Å². The summed E-state index contributed by atoms with van der Waals surface area (Å²) in [7, 11) is 3.28. The van der Waals surface area contributed by atoms with Crippen molar-refractivity contribution in [3.63, 3.8) is 0 Å². The second-order valence-electron chi connectivity index (χ2n) is 3.93. The Bertz CT molecular complexity index is 211. The summed E-state index contributed by atoms with van der Waals surface area (Å²) in [6.07, 6.45) is -0.628. The van der Waals surface area contributed by atoms with Gasteiger partial charge in [-0.15, -0.1) is 9.60 Å². The highest BCUT2D eigenvalue weighted by molar-refractivity contribution is 5.75. The van der Waals surface area contributed by atoms with Crippen molar-refractivity contribution in [2.24, 2.45) is 5.92 Å². The topological polar surface area (TPSA) is 23.6 Å². The van der Waals surface area contributed by atoms with Gasteiger partial charge in [0.25, 0.3) is 0 Å². The quantitative estimate of drug-likeness (QED) is 0.629. The molecular formula is C9H16F2N2O. The number of hydrogen-bond acceptors (Lipinski definition) is 2. The monoisotopic (exact) mass is 206 g/mol. The fourth-order valence-corrected chi connectivity index (χ4v) is 1.55. The van der Waals surface area contributed by atoms with Crippen molar-refractivity contribution in [3.8, 4) is 0 Å². The van der Waals surface area contributed by atoms with Crippen LogP contribution in [0.3, 0.4) is 0 Å². The summed E-state index contributed by atoms with van der Waals surface area (Å²) in [5, 5.41) is 0.474. The van der Waals surface area contributed by atoms with Gasteiger partial charge in [-0.3, -0.25) is 4.79 Å². The molecule has 1 saturated heterocycles. The van der Waals surface area contributed by atoms with E-state index in [1.165, 1.54) is 4.90 Å².